The van der Waals surface area contributed by atoms with Gasteiger partial charge >= 0.3 is 5.97 Å². The first-order valence-electron chi connectivity index (χ1n) is 8.75. The third-order valence-corrected chi connectivity index (χ3v) is 3.87. The Balaban J connectivity index is -0.000000419. The van der Waals surface area contributed by atoms with E-state index in [4.69, 9.17) is 9.99 Å². The summed E-state index contributed by atoms with van der Waals surface area (Å²) in [5.41, 5.74) is -0.0529. The topological polar surface area (TPSA) is 79.8 Å². The zero-order valence-corrected chi connectivity index (χ0v) is 15.7. The molecule has 2 aliphatic rings. The van der Waals surface area contributed by atoms with Gasteiger partial charge in [-0.2, -0.15) is 0 Å². The molecule has 0 aromatic heterocycles. The van der Waals surface area contributed by atoms with Crippen molar-refractivity contribution in [3.63, 3.8) is 0 Å². The van der Waals surface area contributed by atoms with Crippen molar-refractivity contribution in [1.29, 1.82) is 0 Å². The maximum atomic E-state index is 11.6. The molecule has 2 saturated heterocycles. The van der Waals surface area contributed by atoms with Crippen molar-refractivity contribution in [3.8, 4) is 0 Å². The first-order valence-corrected chi connectivity index (χ1v) is 8.75. The minimum Gasteiger partial charge on any atom is -0.465 e. The highest BCUT2D eigenvalue weighted by Gasteiger charge is 2.42. The average Bonchev–Trinajstić information content (AvgIpc) is 2.94. The van der Waals surface area contributed by atoms with E-state index in [2.05, 4.69) is 15.5 Å². The van der Waals surface area contributed by atoms with Gasteiger partial charge in [-0.25, -0.2) is 4.89 Å². The number of nitrogens with one attached hydrogen (secondary N) is 2. The number of rotatable bonds is 2. The average molecular weight is 337 g/mol. The summed E-state index contributed by atoms with van der Waals surface area (Å²) < 4.78 is 5.04. The first kappa shape index (κ1) is 22.3. The Hall–Kier alpha value is -0.690. The van der Waals surface area contributed by atoms with Crippen molar-refractivity contribution in [1.82, 2.24) is 10.6 Å². The molecule has 6 heteroatoms. The predicted molar refractivity (Wildman–Crippen MR) is 96.6 cm³/mol. The zero-order valence-electron chi connectivity index (χ0n) is 15.7. The van der Waals surface area contributed by atoms with Gasteiger partial charge in [0.15, 0.2) is 0 Å². The Labute approximate surface area is 144 Å². The van der Waals surface area contributed by atoms with Crippen LogP contribution in [0.2, 0.25) is 0 Å². The van der Waals surface area contributed by atoms with Crippen molar-refractivity contribution < 1.29 is 22.5 Å². The molecule has 0 amide bonds. The minimum atomic E-state index is -0.403. The zero-order chi connectivity index (χ0) is 17.9. The SMILES string of the molecule is CC.CC(C)(C)OO.CCOC(=O)C1CC2(CCNCC2)CN1.[HH].[HH]. The largest absolute Gasteiger partial charge is 0.465 e. The monoisotopic (exact) mass is 336 g/mol. The van der Waals surface area contributed by atoms with Crippen molar-refractivity contribution in [2.45, 2.75) is 72.4 Å². The smallest absolute Gasteiger partial charge is 0.323 e. The molecule has 2 heterocycles. The van der Waals surface area contributed by atoms with E-state index in [1.807, 2.05) is 20.8 Å². The molecule has 3 N–H and O–H groups in total. The highest BCUT2D eigenvalue weighted by Crippen LogP contribution is 2.37. The van der Waals surface area contributed by atoms with E-state index in [-0.39, 0.29) is 14.9 Å². The van der Waals surface area contributed by atoms with Gasteiger partial charge in [0.1, 0.15) is 6.04 Å². The molecule has 1 unspecified atom stereocenters. The molecule has 1 atom stereocenters. The van der Waals surface area contributed by atoms with E-state index >= 15 is 0 Å². The minimum absolute atomic E-state index is 0. The van der Waals surface area contributed by atoms with Crippen LogP contribution >= 0.6 is 0 Å². The number of carbonyl (C=O) groups excluding carboxylic acids is 1. The second-order valence-corrected chi connectivity index (χ2v) is 6.84. The fourth-order valence-electron chi connectivity index (χ4n) is 2.66. The second-order valence-electron chi connectivity index (χ2n) is 6.84. The maximum Gasteiger partial charge on any atom is 0.323 e. The normalized spacial score (nSPS) is 22.5. The van der Waals surface area contributed by atoms with Gasteiger partial charge in [-0.15, -0.1) is 0 Å². The lowest BCUT2D eigenvalue weighted by Crippen LogP contribution is -2.37. The van der Waals surface area contributed by atoms with E-state index in [0.717, 1.165) is 26.1 Å². The van der Waals surface area contributed by atoms with Gasteiger partial charge < -0.3 is 15.4 Å². The molecule has 1 spiro atoms. The Kier molecular flexibility index (Phi) is 10.6. The van der Waals surface area contributed by atoms with Crippen LogP contribution in [-0.4, -0.2) is 49.1 Å². The van der Waals surface area contributed by atoms with Crippen molar-refractivity contribution in [2.24, 2.45) is 5.41 Å². The third-order valence-electron chi connectivity index (χ3n) is 3.87. The van der Waals surface area contributed by atoms with Crippen LogP contribution in [0, 0.1) is 5.41 Å². The van der Waals surface area contributed by atoms with E-state index in [0.29, 0.717) is 12.0 Å². The van der Waals surface area contributed by atoms with Crippen LogP contribution in [0.15, 0.2) is 0 Å². The van der Waals surface area contributed by atoms with E-state index in [1.165, 1.54) is 12.8 Å². The van der Waals surface area contributed by atoms with E-state index < -0.39 is 5.60 Å². The molecule has 2 rings (SSSR count). The summed E-state index contributed by atoms with van der Waals surface area (Å²) in [6.45, 7) is 14.8. The highest BCUT2D eigenvalue weighted by atomic mass is 17.1. The molecule has 0 aromatic rings. The number of hydrogen-bond acceptors (Lipinski definition) is 6. The van der Waals surface area contributed by atoms with Crippen molar-refractivity contribution in [3.05, 3.63) is 0 Å². The predicted octanol–water partition coefficient (Wildman–Crippen LogP) is 3.07. The van der Waals surface area contributed by atoms with Gasteiger partial charge in [0, 0.05) is 9.40 Å². The second kappa shape index (κ2) is 11.0. The molecule has 2 aliphatic heterocycles. The van der Waals surface area contributed by atoms with Gasteiger partial charge in [0.05, 0.1) is 12.2 Å². The lowest BCUT2D eigenvalue weighted by molar-refractivity contribution is -0.306. The Bertz CT molecular complexity index is 333. The van der Waals surface area contributed by atoms with Gasteiger partial charge in [-0.1, -0.05) is 13.8 Å². The molecule has 0 saturated carbocycles. The molecule has 142 valence electrons. The van der Waals surface area contributed by atoms with Crippen LogP contribution in [0.25, 0.3) is 0 Å². The number of carbonyl (C=O) groups is 1. The van der Waals surface area contributed by atoms with Gasteiger partial charge in [0.2, 0.25) is 0 Å². The van der Waals surface area contributed by atoms with Crippen LogP contribution in [0.1, 0.15) is 63.7 Å². The number of esters is 1. The summed E-state index contributed by atoms with van der Waals surface area (Å²) >= 11 is 0. The fourth-order valence-corrected chi connectivity index (χ4v) is 2.66. The summed E-state index contributed by atoms with van der Waals surface area (Å²) in [7, 11) is 0. The Morgan fingerprint density at radius 1 is 1.30 bits per heavy atom. The van der Waals surface area contributed by atoms with Gasteiger partial charge in [-0.05, 0) is 65.5 Å². The van der Waals surface area contributed by atoms with Crippen LogP contribution in [-0.2, 0) is 14.4 Å². The summed E-state index contributed by atoms with van der Waals surface area (Å²) in [5.74, 6) is -0.0760. The maximum absolute atomic E-state index is 11.6. The standard InChI is InChI=1S/C11H20N2O2.C4H10O2.C2H6.2H2/c1-2-15-10(14)9-7-11(8-13-9)3-5-12-6-4-11;1-4(2,3)6-5;1-2;;/h9,12-13H,2-8H2,1H3;5H,1-3H3;1-2H3;2*1H. The first-order chi connectivity index (χ1) is 10.8. The summed E-state index contributed by atoms with van der Waals surface area (Å²) in [6.07, 6.45) is 3.30. The third kappa shape index (κ3) is 8.65. The molecule has 2 fully saturated rings. The van der Waals surface area contributed by atoms with E-state index in [1.54, 1.807) is 20.8 Å². The summed E-state index contributed by atoms with van der Waals surface area (Å²) in [6, 6.07) is -0.0666. The number of hydrogen-bond donors (Lipinski definition) is 3. The lowest BCUT2D eigenvalue weighted by Gasteiger charge is -2.32. The van der Waals surface area contributed by atoms with Crippen molar-refractivity contribution >= 4 is 5.97 Å². The van der Waals surface area contributed by atoms with Crippen LogP contribution in [0.3, 0.4) is 0 Å². The van der Waals surface area contributed by atoms with E-state index in [9.17, 15) is 4.79 Å². The molecule has 0 bridgehead atoms. The summed E-state index contributed by atoms with van der Waals surface area (Å²) in [4.78, 5) is 15.5. The quantitative estimate of drug-likeness (QED) is 0.408. The molecule has 0 aromatic carbocycles. The van der Waals surface area contributed by atoms with Crippen LogP contribution in [0.4, 0.5) is 0 Å². The molecule has 23 heavy (non-hydrogen) atoms. The number of ether oxygens (including phenoxy) is 1. The highest BCUT2D eigenvalue weighted by molar-refractivity contribution is 5.76. The molecule has 0 radical (unpaired) electrons. The van der Waals surface area contributed by atoms with Crippen LogP contribution in [0.5, 0.6) is 0 Å². The summed E-state index contributed by atoms with van der Waals surface area (Å²) in [5, 5.41) is 14.6. The van der Waals surface area contributed by atoms with Gasteiger partial charge in [-0.3, -0.25) is 10.1 Å². The Morgan fingerprint density at radius 2 is 1.83 bits per heavy atom. The molecule has 0 aliphatic carbocycles. The van der Waals surface area contributed by atoms with Gasteiger partial charge in [0.25, 0.3) is 0 Å². The van der Waals surface area contributed by atoms with Crippen LogP contribution < -0.4 is 10.6 Å². The van der Waals surface area contributed by atoms with Crippen molar-refractivity contribution in [2.75, 3.05) is 26.2 Å². The Morgan fingerprint density at radius 3 is 2.26 bits per heavy atom. The molecular formula is C17H40N2O4. The number of piperidine rings is 1. The fraction of sp³-hybridized carbons (Fsp3) is 0.941. The molecular weight excluding hydrogens is 296 g/mol. The molecule has 6 nitrogen and oxygen atoms in total. The lowest BCUT2D eigenvalue weighted by atomic mass is 9.77.